The molecular formula is C8H11N5O. The van der Waals surface area contributed by atoms with E-state index in [0.29, 0.717) is 18.1 Å². The molecule has 0 spiro atoms. The minimum Gasteiger partial charge on any atom is -0.456 e. The summed E-state index contributed by atoms with van der Waals surface area (Å²) in [4.78, 5) is 0. The van der Waals surface area contributed by atoms with Gasteiger partial charge in [-0.1, -0.05) is 0 Å². The largest absolute Gasteiger partial charge is 0.456 e. The summed E-state index contributed by atoms with van der Waals surface area (Å²) in [6, 6.07) is 3.76. The summed E-state index contributed by atoms with van der Waals surface area (Å²) < 4.78 is 7.09. The summed E-state index contributed by atoms with van der Waals surface area (Å²) >= 11 is 0. The van der Waals surface area contributed by atoms with Crippen molar-refractivity contribution < 1.29 is 4.42 Å². The van der Waals surface area contributed by atoms with Crippen LogP contribution in [-0.2, 0) is 13.6 Å². The third-order valence-corrected chi connectivity index (χ3v) is 1.85. The molecule has 14 heavy (non-hydrogen) atoms. The van der Waals surface area contributed by atoms with Crippen LogP contribution in [0.1, 0.15) is 5.76 Å². The molecule has 0 aliphatic carbocycles. The standard InChI is InChI=1S/C8H11N5O/c1-9-5-6-3-4-7(14-6)8-10-11-12-13(8)2/h3-4,9H,5H2,1-2H3. The summed E-state index contributed by atoms with van der Waals surface area (Å²) in [5, 5.41) is 14.1. The summed E-state index contributed by atoms with van der Waals surface area (Å²) in [5.74, 6) is 2.18. The first kappa shape index (κ1) is 8.89. The van der Waals surface area contributed by atoms with Crippen LogP contribution in [0.3, 0.4) is 0 Å². The van der Waals surface area contributed by atoms with Gasteiger partial charge in [0.2, 0.25) is 5.82 Å². The van der Waals surface area contributed by atoms with Crippen LogP contribution >= 0.6 is 0 Å². The Kier molecular flexibility index (Phi) is 2.28. The maximum absolute atomic E-state index is 5.52. The lowest BCUT2D eigenvalue weighted by molar-refractivity contribution is 0.501. The fourth-order valence-corrected chi connectivity index (χ4v) is 1.21. The molecule has 2 aromatic rings. The molecule has 0 fully saturated rings. The van der Waals surface area contributed by atoms with Gasteiger partial charge < -0.3 is 9.73 Å². The van der Waals surface area contributed by atoms with Gasteiger partial charge in [-0.15, -0.1) is 5.10 Å². The number of nitrogens with zero attached hydrogens (tertiary/aromatic N) is 4. The fourth-order valence-electron chi connectivity index (χ4n) is 1.21. The molecule has 0 aromatic carbocycles. The first-order valence-electron chi connectivity index (χ1n) is 4.27. The average Bonchev–Trinajstić information content (AvgIpc) is 2.74. The van der Waals surface area contributed by atoms with Gasteiger partial charge in [-0.3, -0.25) is 0 Å². The molecule has 0 radical (unpaired) electrons. The van der Waals surface area contributed by atoms with Gasteiger partial charge in [0.25, 0.3) is 0 Å². The van der Waals surface area contributed by atoms with Gasteiger partial charge in [0, 0.05) is 7.05 Å². The lowest BCUT2D eigenvalue weighted by Crippen LogP contribution is -2.03. The van der Waals surface area contributed by atoms with E-state index in [1.807, 2.05) is 19.2 Å². The number of rotatable bonds is 3. The zero-order valence-corrected chi connectivity index (χ0v) is 8.06. The molecule has 0 saturated heterocycles. The summed E-state index contributed by atoms with van der Waals surface area (Å²) in [7, 11) is 3.64. The van der Waals surface area contributed by atoms with Crippen molar-refractivity contribution in [3.8, 4) is 11.6 Å². The average molecular weight is 193 g/mol. The van der Waals surface area contributed by atoms with Gasteiger partial charge in [-0.05, 0) is 29.6 Å². The molecule has 1 N–H and O–H groups in total. The highest BCUT2D eigenvalue weighted by Crippen LogP contribution is 2.18. The van der Waals surface area contributed by atoms with E-state index in [1.54, 1.807) is 11.7 Å². The second kappa shape index (κ2) is 3.59. The molecule has 0 aliphatic heterocycles. The van der Waals surface area contributed by atoms with E-state index in [0.717, 1.165) is 5.76 Å². The Bertz CT molecular complexity index is 419. The number of aryl methyl sites for hydroxylation is 1. The summed E-state index contributed by atoms with van der Waals surface area (Å²) in [6.45, 7) is 0.700. The number of hydrogen-bond donors (Lipinski definition) is 1. The first-order valence-corrected chi connectivity index (χ1v) is 4.27. The van der Waals surface area contributed by atoms with Crippen LogP contribution in [-0.4, -0.2) is 27.3 Å². The lowest BCUT2D eigenvalue weighted by Gasteiger charge is -1.94. The van der Waals surface area contributed by atoms with Crippen molar-refractivity contribution in [2.75, 3.05) is 7.05 Å². The zero-order valence-electron chi connectivity index (χ0n) is 8.06. The van der Waals surface area contributed by atoms with E-state index < -0.39 is 0 Å². The Morgan fingerprint density at radius 2 is 2.36 bits per heavy atom. The van der Waals surface area contributed by atoms with Crippen molar-refractivity contribution in [1.29, 1.82) is 0 Å². The summed E-state index contributed by atoms with van der Waals surface area (Å²) in [5.41, 5.74) is 0. The second-order valence-electron chi connectivity index (χ2n) is 2.92. The number of nitrogens with one attached hydrogen (secondary N) is 1. The van der Waals surface area contributed by atoms with Gasteiger partial charge >= 0.3 is 0 Å². The second-order valence-corrected chi connectivity index (χ2v) is 2.92. The molecule has 2 aromatic heterocycles. The SMILES string of the molecule is CNCc1ccc(-c2nnnn2C)o1. The molecule has 74 valence electrons. The maximum Gasteiger partial charge on any atom is 0.217 e. The zero-order chi connectivity index (χ0) is 9.97. The predicted molar refractivity (Wildman–Crippen MR) is 49.3 cm³/mol. The van der Waals surface area contributed by atoms with Crippen molar-refractivity contribution in [3.05, 3.63) is 17.9 Å². The van der Waals surface area contributed by atoms with E-state index in [2.05, 4.69) is 20.8 Å². The van der Waals surface area contributed by atoms with Crippen molar-refractivity contribution in [2.24, 2.45) is 7.05 Å². The smallest absolute Gasteiger partial charge is 0.217 e. The van der Waals surface area contributed by atoms with Crippen LogP contribution in [0.2, 0.25) is 0 Å². The van der Waals surface area contributed by atoms with Gasteiger partial charge in [-0.2, -0.15) is 0 Å². The Labute approximate surface area is 80.9 Å². The van der Waals surface area contributed by atoms with Crippen LogP contribution in [0.25, 0.3) is 11.6 Å². The maximum atomic E-state index is 5.52. The van der Waals surface area contributed by atoms with Crippen molar-refractivity contribution in [2.45, 2.75) is 6.54 Å². The van der Waals surface area contributed by atoms with E-state index >= 15 is 0 Å². The highest BCUT2D eigenvalue weighted by Gasteiger charge is 2.09. The van der Waals surface area contributed by atoms with Crippen LogP contribution in [0, 0.1) is 0 Å². The monoisotopic (exact) mass is 193 g/mol. The molecule has 2 heterocycles. The Hall–Kier alpha value is -1.69. The quantitative estimate of drug-likeness (QED) is 0.753. The van der Waals surface area contributed by atoms with Gasteiger partial charge in [-0.25, -0.2) is 4.68 Å². The van der Waals surface area contributed by atoms with E-state index in [9.17, 15) is 0 Å². The number of furan rings is 1. The molecule has 0 atom stereocenters. The Morgan fingerprint density at radius 3 is 3.00 bits per heavy atom. The molecule has 6 nitrogen and oxygen atoms in total. The van der Waals surface area contributed by atoms with Crippen LogP contribution in [0.4, 0.5) is 0 Å². The third-order valence-electron chi connectivity index (χ3n) is 1.85. The van der Waals surface area contributed by atoms with Crippen LogP contribution in [0.5, 0.6) is 0 Å². The minimum absolute atomic E-state index is 0.632. The van der Waals surface area contributed by atoms with E-state index in [-0.39, 0.29) is 0 Å². The summed E-state index contributed by atoms with van der Waals surface area (Å²) in [6.07, 6.45) is 0. The normalized spacial score (nSPS) is 10.7. The molecule has 0 unspecified atom stereocenters. The first-order chi connectivity index (χ1) is 6.81. The van der Waals surface area contributed by atoms with E-state index in [1.165, 1.54) is 0 Å². The third kappa shape index (κ3) is 1.51. The van der Waals surface area contributed by atoms with Crippen LogP contribution in [0.15, 0.2) is 16.5 Å². The predicted octanol–water partition coefficient (Wildman–Crippen LogP) is 0.189. The molecular weight excluding hydrogens is 182 g/mol. The molecule has 6 heteroatoms. The molecule has 0 aliphatic rings. The Balaban J connectivity index is 2.29. The molecule has 0 amide bonds. The van der Waals surface area contributed by atoms with Gasteiger partial charge in [0.05, 0.1) is 6.54 Å². The molecule has 0 bridgehead atoms. The highest BCUT2D eigenvalue weighted by molar-refractivity contribution is 5.45. The molecule has 0 saturated carbocycles. The fraction of sp³-hybridized carbons (Fsp3) is 0.375. The van der Waals surface area contributed by atoms with E-state index in [4.69, 9.17) is 4.42 Å². The van der Waals surface area contributed by atoms with Crippen molar-refractivity contribution in [3.63, 3.8) is 0 Å². The van der Waals surface area contributed by atoms with Crippen molar-refractivity contribution in [1.82, 2.24) is 25.5 Å². The number of tetrazole rings is 1. The van der Waals surface area contributed by atoms with Crippen LogP contribution < -0.4 is 5.32 Å². The number of hydrogen-bond acceptors (Lipinski definition) is 5. The van der Waals surface area contributed by atoms with Crippen molar-refractivity contribution >= 4 is 0 Å². The highest BCUT2D eigenvalue weighted by atomic mass is 16.3. The van der Waals surface area contributed by atoms with Gasteiger partial charge in [0.15, 0.2) is 5.76 Å². The number of aromatic nitrogens is 4. The topological polar surface area (TPSA) is 68.8 Å². The molecule has 2 rings (SSSR count). The van der Waals surface area contributed by atoms with Gasteiger partial charge in [0.1, 0.15) is 5.76 Å². The minimum atomic E-state index is 0.632. The Morgan fingerprint density at radius 1 is 1.50 bits per heavy atom. The lowest BCUT2D eigenvalue weighted by atomic mass is 10.4.